The number of amides is 2. The molecule has 1 heterocycles. The molecule has 1 N–H and O–H groups in total. The number of hydrogen-bond acceptors (Lipinski definition) is 5. The van der Waals surface area contributed by atoms with Gasteiger partial charge in [0, 0.05) is 17.7 Å². The minimum atomic E-state index is -0.412. The molecule has 8 heteroatoms. The summed E-state index contributed by atoms with van der Waals surface area (Å²) >= 11 is 0. The van der Waals surface area contributed by atoms with E-state index in [1.165, 1.54) is 29.2 Å². The number of rotatable bonds is 11. The topological polar surface area (TPSA) is 78.7 Å². The summed E-state index contributed by atoms with van der Waals surface area (Å²) in [5.74, 6) is -0.203. The van der Waals surface area contributed by atoms with Crippen molar-refractivity contribution in [3.63, 3.8) is 0 Å². The van der Waals surface area contributed by atoms with Crippen LogP contribution in [0.25, 0.3) is 0 Å². The van der Waals surface area contributed by atoms with Crippen molar-refractivity contribution in [1.29, 1.82) is 0 Å². The molecule has 30 heavy (non-hydrogen) atoms. The number of nitrogens with zero attached hydrogens (tertiary/aromatic N) is 3. The van der Waals surface area contributed by atoms with Crippen molar-refractivity contribution in [2.45, 2.75) is 46.6 Å². The molecule has 0 fully saturated rings. The Hall–Kier alpha value is -2.74. The Morgan fingerprint density at radius 3 is 2.43 bits per heavy atom. The van der Waals surface area contributed by atoms with Crippen LogP contribution >= 0.6 is 0 Å². The molecule has 0 saturated carbocycles. The fourth-order valence-electron chi connectivity index (χ4n) is 3.25. The second-order valence-corrected chi connectivity index (χ2v) is 7.33. The van der Waals surface area contributed by atoms with Crippen LogP contribution in [-0.4, -0.2) is 59.0 Å². The SMILES string of the molecule is CCN(CC)CCCC(C)N(CC(=O)Nc1cc(C)on1)C(=O)c1ccc(F)cc1. The molecule has 0 radical (unpaired) electrons. The highest BCUT2D eigenvalue weighted by atomic mass is 19.1. The largest absolute Gasteiger partial charge is 0.360 e. The maximum atomic E-state index is 13.3. The monoisotopic (exact) mass is 418 g/mol. The third-order valence-corrected chi connectivity index (χ3v) is 5.08. The van der Waals surface area contributed by atoms with Crippen molar-refractivity contribution in [1.82, 2.24) is 15.0 Å². The zero-order valence-corrected chi connectivity index (χ0v) is 18.2. The second kappa shape index (κ2) is 11.4. The number of anilines is 1. The number of benzene rings is 1. The fraction of sp³-hybridized carbons (Fsp3) is 0.500. The molecule has 2 rings (SSSR count). The number of hydrogen-bond donors (Lipinski definition) is 1. The molecule has 164 valence electrons. The standard InChI is InChI=1S/C22H31FN4O3/c1-5-26(6-2)13-7-8-16(3)27(22(29)18-9-11-19(23)12-10-18)15-21(28)24-20-14-17(4)30-25-20/h9-12,14,16H,5-8,13,15H2,1-4H3,(H,24,25,28). The van der Waals surface area contributed by atoms with Gasteiger partial charge >= 0.3 is 0 Å². The second-order valence-electron chi connectivity index (χ2n) is 7.33. The van der Waals surface area contributed by atoms with Gasteiger partial charge in [-0.05, 0) is 70.6 Å². The van der Waals surface area contributed by atoms with Crippen molar-refractivity contribution < 1.29 is 18.5 Å². The first kappa shape index (κ1) is 23.5. The minimum Gasteiger partial charge on any atom is -0.360 e. The van der Waals surface area contributed by atoms with E-state index >= 15 is 0 Å². The molecule has 7 nitrogen and oxygen atoms in total. The van der Waals surface area contributed by atoms with Crippen LogP contribution in [0.2, 0.25) is 0 Å². The lowest BCUT2D eigenvalue weighted by molar-refractivity contribution is -0.117. The average molecular weight is 419 g/mol. The van der Waals surface area contributed by atoms with E-state index in [0.29, 0.717) is 17.1 Å². The van der Waals surface area contributed by atoms with Crippen molar-refractivity contribution in [2.24, 2.45) is 0 Å². The number of carbonyl (C=O) groups is 2. The Bertz CT molecular complexity index is 818. The molecule has 0 saturated heterocycles. The minimum absolute atomic E-state index is 0.130. The summed E-state index contributed by atoms with van der Waals surface area (Å²) in [5.41, 5.74) is 0.345. The first-order valence-electron chi connectivity index (χ1n) is 10.4. The van der Waals surface area contributed by atoms with Gasteiger partial charge < -0.3 is 19.6 Å². The molecule has 1 aromatic heterocycles. The Balaban J connectivity index is 2.08. The predicted molar refractivity (Wildman–Crippen MR) is 114 cm³/mol. The number of nitrogens with one attached hydrogen (secondary N) is 1. The molecule has 2 aromatic rings. The van der Waals surface area contributed by atoms with E-state index in [0.717, 1.165) is 32.5 Å². The van der Waals surface area contributed by atoms with Crippen LogP contribution < -0.4 is 5.32 Å². The van der Waals surface area contributed by atoms with Gasteiger partial charge in [0.1, 0.15) is 18.1 Å². The molecule has 1 atom stereocenters. The normalized spacial score (nSPS) is 12.1. The lowest BCUT2D eigenvalue weighted by Gasteiger charge is -2.29. The molecule has 1 aromatic carbocycles. The fourth-order valence-corrected chi connectivity index (χ4v) is 3.25. The number of aromatic nitrogens is 1. The maximum Gasteiger partial charge on any atom is 0.254 e. The summed E-state index contributed by atoms with van der Waals surface area (Å²) in [5, 5.41) is 6.40. The van der Waals surface area contributed by atoms with Crippen LogP contribution in [0.15, 0.2) is 34.9 Å². The highest BCUT2D eigenvalue weighted by Gasteiger charge is 2.24. The van der Waals surface area contributed by atoms with Gasteiger partial charge in [-0.1, -0.05) is 19.0 Å². The van der Waals surface area contributed by atoms with Gasteiger partial charge in [-0.15, -0.1) is 0 Å². The highest BCUT2D eigenvalue weighted by molar-refractivity contribution is 5.99. The van der Waals surface area contributed by atoms with E-state index in [1.54, 1.807) is 13.0 Å². The van der Waals surface area contributed by atoms with Crippen molar-refractivity contribution in [3.05, 3.63) is 47.5 Å². The van der Waals surface area contributed by atoms with E-state index in [1.807, 2.05) is 6.92 Å². The molecular formula is C22H31FN4O3. The van der Waals surface area contributed by atoms with Crippen LogP contribution in [0.4, 0.5) is 10.2 Å². The quantitative estimate of drug-likeness (QED) is 0.602. The van der Waals surface area contributed by atoms with Crippen molar-refractivity contribution in [2.75, 3.05) is 31.5 Å². The van der Waals surface area contributed by atoms with Gasteiger partial charge in [0.25, 0.3) is 5.91 Å². The Kier molecular flexibility index (Phi) is 8.98. The van der Waals surface area contributed by atoms with Gasteiger partial charge in [-0.3, -0.25) is 9.59 Å². The van der Waals surface area contributed by atoms with Gasteiger partial charge in [0.2, 0.25) is 5.91 Å². The van der Waals surface area contributed by atoms with E-state index in [-0.39, 0.29) is 24.4 Å². The van der Waals surface area contributed by atoms with Crippen LogP contribution in [-0.2, 0) is 4.79 Å². The van der Waals surface area contributed by atoms with Crippen LogP contribution in [0.3, 0.4) is 0 Å². The maximum absolute atomic E-state index is 13.3. The summed E-state index contributed by atoms with van der Waals surface area (Å²) < 4.78 is 18.2. The summed E-state index contributed by atoms with van der Waals surface area (Å²) in [6.07, 6.45) is 1.65. The number of aryl methyl sites for hydroxylation is 1. The van der Waals surface area contributed by atoms with E-state index < -0.39 is 5.82 Å². The van der Waals surface area contributed by atoms with Crippen molar-refractivity contribution in [3.8, 4) is 0 Å². The smallest absolute Gasteiger partial charge is 0.254 e. The molecule has 0 aliphatic rings. The summed E-state index contributed by atoms with van der Waals surface area (Å²) in [4.78, 5) is 29.5. The molecule has 1 unspecified atom stereocenters. The Labute approximate surface area is 177 Å². The third kappa shape index (κ3) is 6.95. The van der Waals surface area contributed by atoms with Crippen LogP contribution in [0.5, 0.6) is 0 Å². The van der Waals surface area contributed by atoms with Crippen molar-refractivity contribution >= 4 is 17.6 Å². The Morgan fingerprint density at radius 1 is 1.20 bits per heavy atom. The first-order valence-corrected chi connectivity index (χ1v) is 10.4. The molecule has 0 aliphatic carbocycles. The van der Waals surface area contributed by atoms with E-state index in [2.05, 4.69) is 29.2 Å². The lowest BCUT2D eigenvalue weighted by atomic mass is 10.1. The van der Waals surface area contributed by atoms with Crippen LogP contribution in [0, 0.1) is 12.7 Å². The van der Waals surface area contributed by atoms with Crippen LogP contribution in [0.1, 0.15) is 49.7 Å². The number of halogens is 1. The van der Waals surface area contributed by atoms with Gasteiger partial charge in [-0.25, -0.2) is 4.39 Å². The Morgan fingerprint density at radius 2 is 1.87 bits per heavy atom. The zero-order valence-electron chi connectivity index (χ0n) is 18.2. The molecule has 0 aliphatic heterocycles. The first-order chi connectivity index (χ1) is 14.3. The third-order valence-electron chi connectivity index (χ3n) is 5.08. The zero-order chi connectivity index (χ0) is 22.1. The highest BCUT2D eigenvalue weighted by Crippen LogP contribution is 2.15. The average Bonchev–Trinajstić information content (AvgIpc) is 3.13. The van der Waals surface area contributed by atoms with Gasteiger partial charge in [0.05, 0.1) is 0 Å². The molecule has 2 amide bonds. The lowest BCUT2D eigenvalue weighted by Crippen LogP contribution is -2.44. The molecule has 0 spiro atoms. The predicted octanol–water partition coefficient (Wildman–Crippen LogP) is 3.71. The van der Waals surface area contributed by atoms with E-state index in [4.69, 9.17) is 4.52 Å². The molecule has 0 bridgehead atoms. The summed E-state index contributed by atoms with van der Waals surface area (Å²) in [6, 6.07) is 6.81. The molecular weight excluding hydrogens is 387 g/mol. The van der Waals surface area contributed by atoms with Gasteiger partial charge in [0.15, 0.2) is 5.82 Å². The van der Waals surface area contributed by atoms with Gasteiger partial charge in [-0.2, -0.15) is 0 Å². The number of carbonyl (C=O) groups excluding carboxylic acids is 2. The van der Waals surface area contributed by atoms with E-state index in [9.17, 15) is 14.0 Å². The summed E-state index contributed by atoms with van der Waals surface area (Å²) in [7, 11) is 0. The summed E-state index contributed by atoms with van der Waals surface area (Å²) in [6.45, 7) is 10.6.